The maximum Gasteiger partial charge on any atom is 0.0622 e. The van der Waals surface area contributed by atoms with Gasteiger partial charge < -0.3 is 9.47 Å². The van der Waals surface area contributed by atoms with Gasteiger partial charge in [0.1, 0.15) is 0 Å². The molecule has 98 valence electrons. The van der Waals surface area contributed by atoms with Gasteiger partial charge in [-0.1, -0.05) is 0 Å². The summed E-state index contributed by atoms with van der Waals surface area (Å²) < 4.78 is 11.5. The van der Waals surface area contributed by atoms with E-state index in [0.29, 0.717) is 23.6 Å². The summed E-state index contributed by atoms with van der Waals surface area (Å²) >= 11 is 0. The molecule has 3 rings (SSSR count). The first-order chi connectivity index (χ1) is 8.19. The molecule has 3 fully saturated rings. The summed E-state index contributed by atoms with van der Waals surface area (Å²) in [5.74, 6) is 0. The summed E-state index contributed by atoms with van der Waals surface area (Å²) in [6, 6.07) is 1.40. The molecule has 2 unspecified atom stereocenters. The first kappa shape index (κ1) is 11.9. The van der Waals surface area contributed by atoms with Crippen molar-refractivity contribution in [2.24, 2.45) is 5.41 Å². The number of ether oxygens (including phenoxy) is 2. The van der Waals surface area contributed by atoms with Crippen LogP contribution < -0.4 is 0 Å². The topological polar surface area (TPSA) is 21.7 Å². The molecule has 0 N–H and O–H groups in total. The molecule has 0 aromatic heterocycles. The van der Waals surface area contributed by atoms with Crippen LogP contribution in [0.1, 0.15) is 39.5 Å². The Kier molecular flexibility index (Phi) is 3.18. The van der Waals surface area contributed by atoms with Crippen molar-refractivity contribution in [3.05, 3.63) is 0 Å². The van der Waals surface area contributed by atoms with E-state index in [-0.39, 0.29) is 0 Å². The lowest BCUT2D eigenvalue weighted by Crippen LogP contribution is -2.48. The summed E-state index contributed by atoms with van der Waals surface area (Å²) in [7, 11) is 0. The van der Waals surface area contributed by atoms with Gasteiger partial charge in [-0.15, -0.1) is 0 Å². The normalized spacial score (nSPS) is 35.5. The van der Waals surface area contributed by atoms with Crippen molar-refractivity contribution in [1.82, 2.24) is 4.90 Å². The third-order valence-corrected chi connectivity index (χ3v) is 4.59. The Morgan fingerprint density at radius 3 is 2.41 bits per heavy atom. The number of rotatable bonds is 5. The van der Waals surface area contributed by atoms with Gasteiger partial charge >= 0.3 is 0 Å². The van der Waals surface area contributed by atoms with Crippen molar-refractivity contribution < 1.29 is 9.47 Å². The third kappa shape index (κ3) is 2.51. The molecule has 2 atom stereocenters. The zero-order chi connectivity index (χ0) is 11.9. The lowest BCUT2D eigenvalue weighted by Gasteiger charge is -2.37. The highest BCUT2D eigenvalue weighted by Crippen LogP contribution is 2.48. The highest BCUT2D eigenvalue weighted by Gasteiger charge is 2.48. The van der Waals surface area contributed by atoms with Gasteiger partial charge in [0.2, 0.25) is 0 Å². The molecule has 0 radical (unpaired) electrons. The minimum Gasteiger partial charge on any atom is -0.378 e. The van der Waals surface area contributed by atoms with Crippen molar-refractivity contribution in [2.45, 2.75) is 57.7 Å². The van der Waals surface area contributed by atoms with E-state index in [4.69, 9.17) is 9.47 Å². The molecule has 0 spiro atoms. The molecular weight excluding hydrogens is 214 g/mol. The van der Waals surface area contributed by atoms with Crippen molar-refractivity contribution >= 4 is 0 Å². The predicted molar refractivity (Wildman–Crippen MR) is 67.1 cm³/mol. The maximum atomic E-state index is 5.84. The minimum atomic E-state index is 0.369. The van der Waals surface area contributed by atoms with E-state index in [0.717, 1.165) is 19.8 Å². The first-order valence-electron chi connectivity index (χ1n) is 7.14. The first-order valence-corrected chi connectivity index (χ1v) is 7.14. The zero-order valence-corrected chi connectivity index (χ0v) is 11.2. The molecule has 2 aliphatic heterocycles. The fraction of sp³-hybridized carbons (Fsp3) is 1.00. The fourth-order valence-electron chi connectivity index (χ4n) is 3.23. The second-order valence-corrected chi connectivity index (χ2v) is 6.45. The average molecular weight is 239 g/mol. The molecule has 3 nitrogen and oxygen atoms in total. The Labute approximate surface area is 104 Å². The van der Waals surface area contributed by atoms with E-state index in [1.807, 2.05) is 0 Å². The van der Waals surface area contributed by atoms with Crippen LogP contribution in [0, 0.1) is 5.41 Å². The van der Waals surface area contributed by atoms with Crippen molar-refractivity contribution in [3.63, 3.8) is 0 Å². The Balaban J connectivity index is 1.56. The summed E-state index contributed by atoms with van der Waals surface area (Å²) in [4.78, 5) is 2.72. The molecule has 1 saturated carbocycles. The van der Waals surface area contributed by atoms with Crippen LogP contribution in [-0.4, -0.2) is 49.5 Å². The van der Waals surface area contributed by atoms with Gasteiger partial charge in [0, 0.05) is 24.0 Å². The molecule has 17 heavy (non-hydrogen) atoms. The third-order valence-electron chi connectivity index (χ3n) is 4.59. The Morgan fingerprint density at radius 1 is 1.24 bits per heavy atom. The number of hydrogen-bond acceptors (Lipinski definition) is 3. The van der Waals surface area contributed by atoms with Crippen molar-refractivity contribution in [2.75, 3.05) is 26.4 Å². The Bertz CT molecular complexity index is 259. The molecule has 2 bridgehead atoms. The van der Waals surface area contributed by atoms with Gasteiger partial charge in [0.25, 0.3) is 0 Å². The second kappa shape index (κ2) is 4.52. The SMILES string of the molecule is CC(C)OCC1(CN2C3CCC2COC3)CC1. The van der Waals surface area contributed by atoms with Gasteiger partial charge in [-0.25, -0.2) is 0 Å². The monoisotopic (exact) mass is 239 g/mol. The summed E-state index contributed by atoms with van der Waals surface area (Å²) in [5, 5.41) is 0. The zero-order valence-electron chi connectivity index (χ0n) is 11.2. The molecule has 3 aliphatic rings. The number of fused-ring (bicyclic) bond motifs is 2. The van der Waals surface area contributed by atoms with Crippen LogP contribution in [-0.2, 0) is 9.47 Å². The molecule has 3 heteroatoms. The predicted octanol–water partition coefficient (Wildman–Crippen LogP) is 2.05. The van der Waals surface area contributed by atoms with Crippen molar-refractivity contribution in [3.8, 4) is 0 Å². The molecular formula is C14H25NO2. The second-order valence-electron chi connectivity index (χ2n) is 6.45. The van der Waals surface area contributed by atoms with Crippen LogP contribution in [0.3, 0.4) is 0 Å². The highest BCUT2D eigenvalue weighted by molar-refractivity contribution is 5.01. The van der Waals surface area contributed by atoms with Gasteiger partial charge in [-0.3, -0.25) is 4.90 Å². The van der Waals surface area contributed by atoms with Crippen LogP contribution >= 0.6 is 0 Å². The number of hydrogen-bond donors (Lipinski definition) is 0. The summed E-state index contributed by atoms with van der Waals surface area (Å²) in [6.07, 6.45) is 5.76. The fourth-order valence-corrected chi connectivity index (χ4v) is 3.23. The minimum absolute atomic E-state index is 0.369. The summed E-state index contributed by atoms with van der Waals surface area (Å²) in [5.41, 5.74) is 0.489. The van der Waals surface area contributed by atoms with E-state index in [2.05, 4.69) is 18.7 Å². The Hall–Kier alpha value is -0.120. The molecule has 1 aliphatic carbocycles. The van der Waals surface area contributed by atoms with Gasteiger partial charge in [-0.05, 0) is 39.5 Å². The highest BCUT2D eigenvalue weighted by atomic mass is 16.5. The Morgan fingerprint density at radius 2 is 1.88 bits per heavy atom. The lowest BCUT2D eigenvalue weighted by atomic mass is 10.1. The standard InChI is InChI=1S/C14H25NO2/c1-11(2)17-10-14(5-6-14)9-15-12-3-4-13(15)8-16-7-12/h11-13H,3-10H2,1-2H3. The average Bonchev–Trinajstić information content (AvgIpc) is 3.02. The van der Waals surface area contributed by atoms with E-state index >= 15 is 0 Å². The van der Waals surface area contributed by atoms with E-state index in [9.17, 15) is 0 Å². The maximum absolute atomic E-state index is 5.84. The van der Waals surface area contributed by atoms with Crippen molar-refractivity contribution in [1.29, 1.82) is 0 Å². The van der Waals surface area contributed by atoms with Gasteiger partial charge in [0.05, 0.1) is 25.9 Å². The van der Waals surface area contributed by atoms with Crippen LogP contribution in [0.15, 0.2) is 0 Å². The van der Waals surface area contributed by atoms with Gasteiger partial charge in [-0.2, -0.15) is 0 Å². The van der Waals surface area contributed by atoms with Crippen LogP contribution in [0.2, 0.25) is 0 Å². The molecule has 0 aromatic rings. The van der Waals surface area contributed by atoms with E-state index in [1.54, 1.807) is 0 Å². The molecule has 0 amide bonds. The van der Waals surface area contributed by atoms with E-state index in [1.165, 1.54) is 32.2 Å². The van der Waals surface area contributed by atoms with Gasteiger partial charge in [0.15, 0.2) is 0 Å². The van der Waals surface area contributed by atoms with Crippen LogP contribution in [0.25, 0.3) is 0 Å². The molecule has 2 saturated heterocycles. The van der Waals surface area contributed by atoms with E-state index < -0.39 is 0 Å². The summed E-state index contributed by atoms with van der Waals surface area (Å²) in [6.45, 7) is 8.39. The lowest BCUT2D eigenvalue weighted by molar-refractivity contribution is -0.0373. The number of nitrogens with zero attached hydrogens (tertiary/aromatic N) is 1. The largest absolute Gasteiger partial charge is 0.378 e. The molecule has 0 aromatic carbocycles. The smallest absolute Gasteiger partial charge is 0.0622 e. The van der Waals surface area contributed by atoms with Crippen LogP contribution in [0.4, 0.5) is 0 Å². The quantitative estimate of drug-likeness (QED) is 0.733. The molecule has 2 heterocycles. The van der Waals surface area contributed by atoms with Crippen LogP contribution in [0.5, 0.6) is 0 Å². The number of morpholine rings is 1.